The van der Waals surface area contributed by atoms with E-state index in [4.69, 9.17) is 5.11 Å². The quantitative estimate of drug-likeness (QED) is 0.735. The molecule has 1 aromatic carbocycles. The van der Waals surface area contributed by atoms with Gasteiger partial charge in [-0.25, -0.2) is 4.39 Å². The molecule has 5 heteroatoms. The maximum Gasteiger partial charge on any atom is 0.303 e. The number of nitrogens with one attached hydrogen (secondary N) is 1. The highest BCUT2D eigenvalue weighted by atomic mass is 19.1. The Bertz CT molecular complexity index is 459. The Morgan fingerprint density at radius 2 is 1.86 bits per heavy atom. The highest BCUT2D eigenvalue weighted by Crippen LogP contribution is 2.17. The second-order valence-corrected chi connectivity index (χ2v) is 5.14. The molecule has 1 atom stereocenters. The van der Waals surface area contributed by atoms with Crippen LogP contribution in [0.5, 0.6) is 0 Å². The van der Waals surface area contributed by atoms with Gasteiger partial charge in [0, 0.05) is 18.5 Å². The van der Waals surface area contributed by atoms with Crippen LogP contribution < -0.4 is 5.32 Å². The van der Waals surface area contributed by atoms with Gasteiger partial charge in [-0.15, -0.1) is 0 Å². The maximum atomic E-state index is 12.8. The smallest absolute Gasteiger partial charge is 0.303 e. The summed E-state index contributed by atoms with van der Waals surface area (Å²) < 4.78 is 12.8. The molecule has 0 radical (unpaired) electrons. The molecule has 1 unspecified atom stereocenters. The molecule has 0 bridgehead atoms. The van der Waals surface area contributed by atoms with Gasteiger partial charge in [-0.3, -0.25) is 9.59 Å². The Labute approximate surface area is 124 Å². The van der Waals surface area contributed by atoms with Gasteiger partial charge in [-0.2, -0.15) is 0 Å². The highest BCUT2D eigenvalue weighted by molar-refractivity contribution is 5.94. The second-order valence-electron chi connectivity index (χ2n) is 5.14. The first-order chi connectivity index (χ1) is 10.0. The van der Waals surface area contributed by atoms with Crippen LogP contribution in [-0.4, -0.2) is 23.5 Å². The van der Waals surface area contributed by atoms with Gasteiger partial charge in [0.15, 0.2) is 0 Å². The Morgan fingerprint density at radius 3 is 2.43 bits per heavy atom. The van der Waals surface area contributed by atoms with Crippen molar-refractivity contribution in [3.05, 3.63) is 35.6 Å². The van der Waals surface area contributed by atoms with Crippen molar-refractivity contribution >= 4 is 11.9 Å². The molecular formula is C16H22FNO3. The minimum Gasteiger partial charge on any atom is -0.481 e. The van der Waals surface area contributed by atoms with E-state index in [1.807, 2.05) is 0 Å². The lowest BCUT2D eigenvalue weighted by atomic mass is 9.94. The molecule has 0 aliphatic carbocycles. The predicted octanol–water partition coefficient (Wildman–Crippen LogP) is 3.23. The Balaban J connectivity index is 2.36. The number of aliphatic carboxylic acids is 1. The van der Waals surface area contributed by atoms with Crippen molar-refractivity contribution in [2.24, 2.45) is 5.92 Å². The van der Waals surface area contributed by atoms with Crippen molar-refractivity contribution < 1.29 is 19.1 Å². The van der Waals surface area contributed by atoms with E-state index in [0.717, 1.165) is 19.3 Å². The summed E-state index contributed by atoms with van der Waals surface area (Å²) in [5.41, 5.74) is 0.425. The number of benzene rings is 1. The number of rotatable bonds is 9. The third-order valence-corrected chi connectivity index (χ3v) is 3.41. The Kier molecular flexibility index (Phi) is 7.43. The third kappa shape index (κ3) is 6.88. The topological polar surface area (TPSA) is 66.4 Å². The minimum atomic E-state index is -0.786. The van der Waals surface area contributed by atoms with E-state index in [-0.39, 0.29) is 18.1 Å². The van der Waals surface area contributed by atoms with Crippen molar-refractivity contribution in [3.63, 3.8) is 0 Å². The lowest BCUT2D eigenvalue weighted by Crippen LogP contribution is -2.26. The van der Waals surface area contributed by atoms with Crippen LogP contribution in [-0.2, 0) is 4.79 Å². The molecule has 0 spiro atoms. The molecule has 0 aromatic heterocycles. The monoisotopic (exact) mass is 295 g/mol. The van der Waals surface area contributed by atoms with Crippen molar-refractivity contribution in [1.29, 1.82) is 0 Å². The molecule has 0 saturated carbocycles. The first-order valence-corrected chi connectivity index (χ1v) is 7.28. The summed E-state index contributed by atoms with van der Waals surface area (Å²) >= 11 is 0. The van der Waals surface area contributed by atoms with E-state index in [1.165, 1.54) is 24.3 Å². The van der Waals surface area contributed by atoms with Gasteiger partial charge in [0.05, 0.1) is 0 Å². The van der Waals surface area contributed by atoms with E-state index in [2.05, 4.69) is 12.2 Å². The van der Waals surface area contributed by atoms with Crippen LogP contribution in [0.4, 0.5) is 4.39 Å². The number of carboxylic acids is 1. The molecule has 1 rings (SSSR count). The number of carbonyl (C=O) groups is 2. The number of halogens is 1. The maximum absolute atomic E-state index is 12.8. The van der Waals surface area contributed by atoms with Crippen LogP contribution in [0.1, 0.15) is 49.4 Å². The van der Waals surface area contributed by atoms with Crippen molar-refractivity contribution in [2.45, 2.75) is 39.0 Å². The Hall–Kier alpha value is -1.91. The van der Waals surface area contributed by atoms with E-state index in [1.54, 1.807) is 0 Å². The average Bonchev–Trinajstić information content (AvgIpc) is 2.45. The SMILES string of the molecule is CCCC(CCNC(=O)c1ccc(F)cc1)CCC(=O)O. The zero-order valence-corrected chi connectivity index (χ0v) is 12.3. The Morgan fingerprint density at radius 1 is 1.19 bits per heavy atom. The summed E-state index contributed by atoms with van der Waals surface area (Å²) in [6, 6.07) is 5.39. The zero-order chi connectivity index (χ0) is 15.7. The van der Waals surface area contributed by atoms with Gasteiger partial charge >= 0.3 is 5.97 Å². The van der Waals surface area contributed by atoms with E-state index in [0.29, 0.717) is 24.4 Å². The number of carboxylic acid groups (broad SMARTS) is 1. The van der Waals surface area contributed by atoms with Gasteiger partial charge < -0.3 is 10.4 Å². The van der Waals surface area contributed by atoms with Gasteiger partial charge in [0.2, 0.25) is 0 Å². The van der Waals surface area contributed by atoms with Crippen LogP contribution >= 0.6 is 0 Å². The van der Waals surface area contributed by atoms with Crippen LogP contribution in [0.2, 0.25) is 0 Å². The fourth-order valence-corrected chi connectivity index (χ4v) is 2.26. The molecular weight excluding hydrogens is 273 g/mol. The average molecular weight is 295 g/mol. The molecule has 1 aromatic rings. The number of hydrogen-bond acceptors (Lipinski definition) is 2. The standard InChI is InChI=1S/C16H22FNO3/c1-2-3-12(4-9-15(19)20)10-11-18-16(21)13-5-7-14(17)8-6-13/h5-8,12H,2-4,9-11H2,1H3,(H,18,21)(H,19,20). The van der Waals surface area contributed by atoms with Crippen LogP contribution in [0.15, 0.2) is 24.3 Å². The predicted molar refractivity (Wildman–Crippen MR) is 78.6 cm³/mol. The van der Waals surface area contributed by atoms with Gasteiger partial charge in [0.1, 0.15) is 5.82 Å². The number of hydrogen-bond donors (Lipinski definition) is 2. The third-order valence-electron chi connectivity index (χ3n) is 3.41. The van der Waals surface area contributed by atoms with Crippen LogP contribution in [0.3, 0.4) is 0 Å². The summed E-state index contributed by atoms with van der Waals surface area (Å²) in [6.07, 6.45) is 3.51. The van der Waals surface area contributed by atoms with E-state index < -0.39 is 5.97 Å². The summed E-state index contributed by atoms with van der Waals surface area (Å²) in [6.45, 7) is 2.56. The summed E-state index contributed by atoms with van der Waals surface area (Å²) in [7, 11) is 0. The molecule has 0 aliphatic rings. The van der Waals surface area contributed by atoms with Crippen LogP contribution in [0.25, 0.3) is 0 Å². The molecule has 116 valence electrons. The van der Waals surface area contributed by atoms with Crippen molar-refractivity contribution in [1.82, 2.24) is 5.32 Å². The normalized spacial score (nSPS) is 11.9. The highest BCUT2D eigenvalue weighted by Gasteiger charge is 2.11. The molecule has 0 saturated heterocycles. The molecule has 1 amide bonds. The molecule has 0 heterocycles. The zero-order valence-electron chi connectivity index (χ0n) is 12.3. The van der Waals surface area contributed by atoms with E-state index in [9.17, 15) is 14.0 Å². The lowest BCUT2D eigenvalue weighted by molar-refractivity contribution is -0.137. The molecule has 2 N–H and O–H groups in total. The summed E-state index contributed by atoms with van der Waals surface area (Å²) in [5, 5.41) is 11.5. The number of amides is 1. The molecule has 4 nitrogen and oxygen atoms in total. The van der Waals surface area contributed by atoms with Gasteiger partial charge in [0.25, 0.3) is 5.91 Å². The largest absolute Gasteiger partial charge is 0.481 e. The van der Waals surface area contributed by atoms with Crippen molar-refractivity contribution in [2.75, 3.05) is 6.54 Å². The van der Waals surface area contributed by atoms with Gasteiger partial charge in [-0.05, 0) is 43.0 Å². The second kappa shape index (κ2) is 9.10. The number of carbonyl (C=O) groups excluding carboxylic acids is 1. The summed E-state index contributed by atoms with van der Waals surface area (Å²) in [4.78, 5) is 22.4. The van der Waals surface area contributed by atoms with Gasteiger partial charge in [-0.1, -0.05) is 19.8 Å². The molecule has 0 aliphatic heterocycles. The first-order valence-electron chi connectivity index (χ1n) is 7.28. The first kappa shape index (κ1) is 17.1. The van der Waals surface area contributed by atoms with Crippen molar-refractivity contribution in [3.8, 4) is 0 Å². The molecule has 21 heavy (non-hydrogen) atoms. The van der Waals surface area contributed by atoms with Crippen LogP contribution in [0, 0.1) is 11.7 Å². The minimum absolute atomic E-state index is 0.163. The molecule has 0 fully saturated rings. The fraction of sp³-hybridized carbons (Fsp3) is 0.500. The lowest BCUT2D eigenvalue weighted by Gasteiger charge is -2.15. The fourth-order valence-electron chi connectivity index (χ4n) is 2.26. The summed E-state index contributed by atoms with van der Waals surface area (Å²) in [5.74, 6) is -1.09. The van der Waals surface area contributed by atoms with E-state index >= 15 is 0 Å².